The summed E-state index contributed by atoms with van der Waals surface area (Å²) < 4.78 is 5.66. The zero-order valence-electron chi connectivity index (χ0n) is 11.8. The maximum Gasteiger partial charge on any atom is 0.328 e. The van der Waals surface area contributed by atoms with Crippen molar-refractivity contribution in [1.29, 1.82) is 0 Å². The molecule has 1 fully saturated rings. The van der Waals surface area contributed by atoms with Crippen LogP contribution in [0.1, 0.15) is 19.4 Å². The molecule has 110 valence electrons. The number of nitrogens with one attached hydrogen (secondary N) is 2. The van der Waals surface area contributed by atoms with E-state index in [9.17, 15) is 14.4 Å². The first-order valence-electron chi connectivity index (χ1n) is 6.57. The van der Waals surface area contributed by atoms with E-state index in [2.05, 4.69) is 0 Å². The first-order valence-corrected chi connectivity index (χ1v) is 6.57. The SMILES string of the molecule is CC(C)COc1ccccc1C=C1C(=O)NC(=O)NC1=O. The Morgan fingerprint density at radius 2 is 1.71 bits per heavy atom. The Balaban J connectivity index is 2.29. The van der Waals surface area contributed by atoms with Crippen molar-refractivity contribution in [2.24, 2.45) is 5.92 Å². The van der Waals surface area contributed by atoms with Crippen LogP contribution in [0, 0.1) is 5.92 Å². The number of carbonyl (C=O) groups is 3. The highest BCUT2D eigenvalue weighted by molar-refractivity contribution is 6.31. The molecule has 2 rings (SSSR count). The maximum atomic E-state index is 11.7. The van der Waals surface area contributed by atoms with Crippen LogP contribution in [0.3, 0.4) is 0 Å². The molecule has 4 amide bonds. The molecule has 1 aliphatic rings. The van der Waals surface area contributed by atoms with Crippen molar-refractivity contribution in [3.8, 4) is 5.75 Å². The zero-order valence-corrected chi connectivity index (χ0v) is 11.8. The van der Waals surface area contributed by atoms with E-state index >= 15 is 0 Å². The molecule has 6 nitrogen and oxygen atoms in total. The van der Waals surface area contributed by atoms with Crippen LogP contribution in [0.5, 0.6) is 5.75 Å². The third-order valence-corrected chi connectivity index (χ3v) is 2.73. The molecule has 1 aliphatic heterocycles. The number of para-hydroxylation sites is 1. The Morgan fingerprint density at radius 3 is 2.33 bits per heavy atom. The minimum absolute atomic E-state index is 0.129. The van der Waals surface area contributed by atoms with Crippen molar-refractivity contribution in [1.82, 2.24) is 10.6 Å². The summed E-state index contributed by atoms with van der Waals surface area (Å²) in [4.78, 5) is 34.4. The predicted octanol–water partition coefficient (Wildman–Crippen LogP) is 1.47. The number of hydrogen-bond donors (Lipinski definition) is 2. The van der Waals surface area contributed by atoms with E-state index in [1.165, 1.54) is 6.08 Å². The van der Waals surface area contributed by atoms with E-state index in [1.54, 1.807) is 18.2 Å². The van der Waals surface area contributed by atoms with Gasteiger partial charge in [0.1, 0.15) is 11.3 Å². The lowest BCUT2D eigenvalue weighted by molar-refractivity contribution is -0.123. The van der Waals surface area contributed by atoms with Crippen LogP contribution >= 0.6 is 0 Å². The smallest absolute Gasteiger partial charge is 0.328 e. The second-order valence-corrected chi connectivity index (χ2v) is 5.04. The number of imide groups is 2. The van der Waals surface area contributed by atoms with Crippen LogP contribution in [0.4, 0.5) is 4.79 Å². The molecule has 0 saturated carbocycles. The molecule has 1 aromatic carbocycles. The summed E-state index contributed by atoms with van der Waals surface area (Å²) in [6.45, 7) is 4.57. The van der Waals surface area contributed by atoms with E-state index in [0.29, 0.717) is 23.8 Å². The molecule has 1 heterocycles. The van der Waals surface area contributed by atoms with Gasteiger partial charge >= 0.3 is 6.03 Å². The summed E-state index contributed by atoms with van der Waals surface area (Å²) in [5, 5.41) is 4.06. The number of ether oxygens (including phenoxy) is 1. The van der Waals surface area contributed by atoms with Gasteiger partial charge in [0, 0.05) is 5.56 Å². The number of carbonyl (C=O) groups excluding carboxylic acids is 3. The first kappa shape index (κ1) is 14.8. The molecular formula is C15H16N2O4. The van der Waals surface area contributed by atoms with Gasteiger partial charge in [-0.05, 0) is 18.1 Å². The number of barbiturate groups is 1. The molecule has 1 saturated heterocycles. The van der Waals surface area contributed by atoms with Crippen LogP contribution in [0.25, 0.3) is 6.08 Å². The Bertz CT molecular complexity index is 598. The Labute approximate surface area is 122 Å². The second-order valence-electron chi connectivity index (χ2n) is 5.04. The predicted molar refractivity (Wildman–Crippen MR) is 76.4 cm³/mol. The summed E-state index contributed by atoms with van der Waals surface area (Å²) in [5.74, 6) is -0.509. The Hall–Kier alpha value is -2.63. The second kappa shape index (κ2) is 6.21. The number of urea groups is 1. The normalized spacial score (nSPS) is 14.8. The van der Waals surface area contributed by atoms with Gasteiger partial charge in [-0.15, -0.1) is 0 Å². The minimum Gasteiger partial charge on any atom is -0.493 e. The number of rotatable bonds is 4. The minimum atomic E-state index is -0.813. The fourth-order valence-electron chi connectivity index (χ4n) is 1.75. The van der Waals surface area contributed by atoms with Crippen molar-refractivity contribution in [3.05, 3.63) is 35.4 Å². The van der Waals surface area contributed by atoms with Crippen LogP contribution in [0.15, 0.2) is 29.8 Å². The summed E-state index contributed by atoms with van der Waals surface area (Å²) in [7, 11) is 0. The fraction of sp³-hybridized carbons (Fsp3) is 0.267. The molecule has 0 spiro atoms. The topological polar surface area (TPSA) is 84.5 Å². The quantitative estimate of drug-likeness (QED) is 0.649. The third kappa shape index (κ3) is 3.68. The number of amides is 4. The lowest BCUT2D eigenvalue weighted by Gasteiger charge is -2.15. The molecule has 0 atom stereocenters. The fourth-order valence-corrected chi connectivity index (χ4v) is 1.75. The summed E-state index contributed by atoms with van der Waals surface area (Å²) >= 11 is 0. The van der Waals surface area contributed by atoms with Crippen LogP contribution in [0.2, 0.25) is 0 Å². The average Bonchev–Trinajstić information content (AvgIpc) is 2.41. The molecule has 6 heteroatoms. The maximum absolute atomic E-state index is 11.7. The van der Waals surface area contributed by atoms with Crippen molar-refractivity contribution in [3.63, 3.8) is 0 Å². The molecule has 0 bridgehead atoms. The largest absolute Gasteiger partial charge is 0.493 e. The third-order valence-electron chi connectivity index (χ3n) is 2.73. The summed E-state index contributed by atoms with van der Waals surface area (Å²) in [6.07, 6.45) is 1.41. The molecule has 21 heavy (non-hydrogen) atoms. The van der Waals surface area contributed by atoms with E-state index in [-0.39, 0.29) is 5.57 Å². The number of benzene rings is 1. The molecular weight excluding hydrogens is 272 g/mol. The van der Waals surface area contributed by atoms with Crippen LogP contribution in [-0.2, 0) is 9.59 Å². The van der Waals surface area contributed by atoms with Crippen molar-refractivity contribution in [2.75, 3.05) is 6.61 Å². The van der Waals surface area contributed by atoms with Crippen LogP contribution in [-0.4, -0.2) is 24.5 Å². The highest BCUT2D eigenvalue weighted by Crippen LogP contribution is 2.22. The molecule has 0 radical (unpaired) electrons. The average molecular weight is 288 g/mol. The lowest BCUT2D eigenvalue weighted by atomic mass is 10.1. The highest BCUT2D eigenvalue weighted by Gasteiger charge is 2.27. The monoisotopic (exact) mass is 288 g/mol. The molecule has 0 aliphatic carbocycles. The Kier molecular flexibility index (Phi) is 4.37. The van der Waals surface area contributed by atoms with Gasteiger partial charge in [0.05, 0.1) is 6.61 Å². The van der Waals surface area contributed by atoms with Gasteiger partial charge in [0.25, 0.3) is 11.8 Å². The van der Waals surface area contributed by atoms with Gasteiger partial charge in [0.2, 0.25) is 0 Å². The van der Waals surface area contributed by atoms with Crippen molar-refractivity contribution in [2.45, 2.75) is 13.8 Å². The molecule has 2 N–H and O–H groups in total. The van der Waals surface area contributed by atoms with E-state index < -0.39 is 17.8 Å². The van der Waals surface area contributed by atoms with Gasteiger partial charge in [-0.25, -0.2) is 4.79 Å². The number of hydrogen-bond acceptors (Lipinski definition) is 4. The molecule has 0 unspecified atom stereocenters. The lowest BCUT2D eigenvalue weighted by Crippen LogP contribution is -2.51. The van der Waals surface area contributed by atoms with Gasteiger partial charge in [-0.3, -0.25) is 20.2 Å². The van der Waals surface area contributed by atoms with Gasteiger partial charge in [0.15, 0.2) is 0 Å². The highest BCUT2D eigenvalue weighted by atomic mass is 16.5. The molecule has 0 aromatic heterocycles. The summed E-state index contributed by atoms with van der Waals surface area (Å²) in [6, 6.07) is 6.27. The Morgan fingerprint density at radius 1 is 1.10 bits per heavy atom. The summed E-state index contributed by atoms with van der Waals surface area (Å²) in [5.41, 5.74) is 0.475. The standard InChI is InChI=1S/C15H16N2O4/c1-9(2)8-21-12-6-4-3-5-10(12)7-11-13(18)16-15(20)17-14(11)19/h3-7,9H,8H2,1-2H3,(H2,16,17,18,19,20). The van der Waals surface area contributed by atoms with Gasteiger partial charge in [-0.1, -0.05) is 32.0 Å². The van der Waals surface area contributed by atoms with Gasteiger partial charge in [-0.2, -0.15) is 0 Å². The van der Waals surface area contributed by atoms with E-state index in [4.69, 9.17) is 4.74 Å². The van der Waals surface area contributed by atoms with E-state index in [0.717, 1.165) is 0 Å². The van der Waals surface area contributed by atoms with Crippen molar-refractivity contribution < 1.29 is 19.1 Å². The zero-order chi connectivity index (χ0) is 15.4. The van der Waals surface area contributed by atoms with E-state index in [1.807, 2.05) is 30.5 Å². The van der Waals surface area contributed by atoms with Gasteiger partial charge < -0.3 is 4.74 Å². The van der Waals surface area contributed by atoms with Crippen LogP contribution < -0.4 is 15.4 Å². The first-order chi connectivity index (χ1) is 9.97. The van der Waals surface area contributed by atoms with Crippen molar-refractivity contribution >= 4 is 23.9 Å². The molecule has 1 aromatic rings.